The Morgan fingerprint density at radius 2 is 2.04 bits per heavy atom. The number of fused-ring (bicyclic) bond motifs is 1. The highest BCUT2D eigenvalue weighted by Crippen LogP contribution is 2.28. The van der Waals surface area contributed by atoms with E-state index >= 15 is 0 Å². The van der Waals surface area contributed by atoms with Gasteiger partial charge < -0.3 is 16.4 Å². The first-order chi connectivity index (χ1) is 11.9. The van der Waals surface area contributed by atoms with Crippen LogP contribution in [0.5, 0.6) is 0 Å². The Morgan fingerprint density at radius 3 is 2.72 bits per heavy atom. The number of rotatable bonds is 4. The number of amides is 1. The fourth-order valence-corrected chi connectivity index (χ4v) is 2.59. The number of nitrogen functional groups attached to an aromatic ring is 1. The van der Waals surface area contributed by atoms with E-state index in [0.29, 0.717) is 17.0 Å². The number of benzene rings is 1. The van der Waals surface area contributed by atoms with Crippen molar-refractivity contribution in [2.24, 2.45) is 0 Å². The Morgan fingerprint density at radius 1 is 1.28 bits per heavy atom. The van der Waals surface area contributed by atoms with Gasteiger partial charge in [-0.2, -0.15) is 15.1 Å². The van der Waals surface area contributed by atoms with Crippen LogP contribution in [0.25, 0.3) is 11.0 Å². The van der Waals surface area contributed by atoms with Crippen molar-refractivity contribution in [2.75, 3.05) is 18.1 Å². The van der Waals surface area contributed by atoms with E-state index in [4.69, 9.17) is 5.73 Å². The molecule has 0 spiro atoms. The van der Waals surface area contributed by atoms with Gasteiger partial charge in [0.1, 0.15) is 5.82 Å². The number of hydrogen-bond donors (Lipinski definition) is 3. The summed E-state index contributed by atoms with van der Waals surface area (Å²) >= 11 is 0. The van der Waals surface area contributed by atoms with Crippen LogP contribution >= 0.6 is 0 Å². The zero-order valence-electron chi connectivity index (χ0n) is 14.7. The van der Waals surface area contributed by atoms with Gasteiger partial charge in [-0.1, -0.05) is 6.07 Å². The number of hydrogen-bond acceptors (Lipinski definition) is 6. The van der Waals surface area contributed by atoms with Gasteiger partial charge in [-0.15, -0.1) is 0 Å². The fourth-order valence-electron chi connectivity index (χ4n) is 2.59. The molecule has 0 saturated carbocycles. The molecule has 2 aromatic heterocycles. The monoisotopic (exact) mass is 339 g/mol. The summed E-state index contributed by atoms with van der Waals surface area (Å²) in [5.74, 6) is 0.576. The molecule has 0 aliphatic rings. The second-order valence-electron chi connectivity index (χ2n) is 6.08. The Hall–Kier alpha value is -3.16. The molecule has 8 heteroatoms. The largest absolute Gasteiger partial charge is 0.368 e. The van der Waals surface area contributed by atoms with E-state index in [-0.39, 0.29) is 17.9 Å². The Bertz CT molecular complexity index is 946. The molecule has 1 amide bonds. The van der Waals surface area contributed by atoms with Gasteiger partial charge >= 0.3 is 0 Å². The van der Waals surface area contributed by atoms with Gasteiger partial charge in [-0.3, -0.25) is 4.79 Å². The lowest BCUT2D eigenvalue weighted by atomic mass is 10.1. The lowest BCUT2D eigenvalue weighted by Crippen LogP contribution is -2.17. The van der Waals surface area contributed by atoms with Crippen LogP contribution in [0.4, 0.5) is 17.5 Å². The third kappa shape index (κ3) is 3.10. The second-order valence-corrected chi connectivity index (χ2v) is 6.08. The summed E-state index contributed by atoms with van der Waals surface area (Å²) in [6, 6.07) is 5.59. The highest BCUT2D eigenvalue weighted by Gasteiger charge is 2.15. The van der Waals surface area contributed by atoms with Gasteiger partial charge in [0.15, 0.2) is 5.65 Å². The summed E-state index contributed by atoms with van der Waals surface area (Å²) in [7, 11) is 1.60. The first-order valence-electron chi connectivity index (χ1n) is 8.01. The molecule has 3 rings (SSSR count). The standard InChI is InChI=1S/C17H21N7O/c1-9(2)24-15-12(8-20-24)14(22-17(18)23-15)21-13-7-11(16(25)19-4)6-5-10(13)3/h5-9H,1-4H3,(H,19,25)(H3,18,21,22,23). The van der Waals surface area contributed by atoms with Crippen LogP contribution < -0.4 is 16.4 Å². The van der Waals surface area contributed by atoms with Gasteiger partial charge in [-0.25, -0.2) is 4.68 Å². The highest BCUT2D eigenvalue weighted by molar-refractivity contribution is 5.96. The van der Waals surface area contributed by atoms with Crippen LogP contribution in [0.15, 0.2) is 24.4 Å². The zero-order chi connectivity index (χ0) is 18.1. The molecule has 130 valence electrons. The predicted molar refractivity (Wildman–Crippen MR) is 98.0 cm³/mol. The van der Waals surface area contributed by atoms with Crippen molar-refractivity contribution in [1.29, 1.82) is 0 Å². The molecule has 0 unspecified atom stereocenters. The molecule has 0 fully saturated rings. The van der Waals surface area contributed by atoms with Crippen molar-refractivity contribution in [3.63, 3.8) is 0 Å². The molecule has 4 N–H and O–H groups in total. The SMILES string of the molecule is CNC(=O)c1ccc(C)c(Nc2nc(N)nc3c2cnn3C(C)C)c1. The number of nitrogens with zero attached hydrogens (tertiary/aromatic N) is 4. The first kappa shape index (κ1) is 16.7. The van der Waals surface area contributed by atoms with Gasteiger partial charge in [0.05, 0.1) is 11.6 Å². The minimum absolute atomic E-state index is 0.150. The Labute approximate surface area is 145 Å². The molecular weight excluding hydrogens is 318 g/mol. The van der Waals surface area contributed by atoms with Crippen molar-refractivity contribution in [1.82, 2.24) is 25.1 Å². The summed E-state index contributed by atoms with van der Waals surface area (Å²) in [5.41, 5.74) is 8.87. The van der Waals surface area contributed by atoms with Crippen molar-refractivity contribution >= 4 is 34.4 Å². The predicted octanol–water partition coefficient (Wildman–Crippen LogP) is 2.40. The number of carbonyl (C=O) groups is 1. The molecule has 0 radical (unpaired) electrons. The van der Waals surface area contributed by atoms with Crippen LogP contribution in [0.1, 0.15) is 35.8 Å². The van der Waals surface area contributed by atoms with E-state index in [1.807, 2.05) is 26.8 Å². The number of nitrogens with two attached hydrogens (primary N) is 1. The highest BCUT2D eigenvalue weighted by atomic mass is 16.1. The number of carbonyl (C=O) groups excluding carboxylic acids is 1. The lowest BCUT2D eigenvalue weighted by Gasteiger charge is -2.12. The minimum Gasteiger partial charge on any atom is -0.368 e. The van der Waals surface area contributed by atoms with Gasteiger partial charge in [0, 0.05) is 24.3 Å². The van der Waals surface area contributed by atoms with E-state index in [1.165, 1.54) is 0 Å². The van der Waals surface area contributed by atoms with Gasteiger partial charge in [0.25, 0.3) is 5.91 Å². The molecule has 0 saturated heterocycles. The first-order valence-corrected chi connectivity index (χ1v) is 8.01. The smallest absolute Gasteiger partial charge is 0.251 e. The molecule has 8 nitrogen and oxygen atoms in total. The lowest BCUT2D eigenvalue weighted by molar-refractivity contribution is 0.0963. The minimum atomic E-state index is -0.150. The van der Waals surface area contributed by atoms with Crippen LogP contribution in [0.3, 0.4) is 0 Å². The molecule has 3 aromatic rings. The summed E-state index contributed by atoms with van der Waals surface area (Å²) < 4.78 is 1.80. The third-order valence-electron chi connectivity index (χ3n) is 3.94. The van der Waals surface area contributed by atoms with Crippen molar-refractivity contribution in [3.8, 4) is 0 Å². The van der Waals surface area contributed by atoms with E-state index in [1.54, 1.807) is 30.1 Å². The molecule has 1 aromatic carbocycles. The maximum atomic E-state index is 11.9. The molecule has 0 aliphatic carbocycles. The number of anilines is 3. The van der Waals surface area contributed by atoms with Gasteiger partial charge in [-0.05, 0) is 38.5 Å². The molecule has 0 bridgehead atoms. The molecular formula is C17H21N7O. The number of nitrogens with one attached hydrogen (secondary N) is 2. The summed E-state index contributed by atoms with van der Waals surface area (Å²) in [4.78, 5) is 20.5. The summed E-state index contributed by atoms with van der Waals surface area (Å²) in [6.45, 7) is 6.00. The second kappa shape index (κ2) is 6.39. The van der Waals surface area contributed by atoms with Gasteiger partial charge in [0.2, 0.25) is 5.95 Å². The van der Waals surface area contributed by atoms with Crippen molar-refractivity contribution in [2.45, 2.75) is 26.8 Å². The van der Waals surface area contributed by atoms with Crippen LogP contribution in [0.2, 0.25) is 0 Å². The maximum Gasteiger partial charge on any atom is 0.251 e. The van der Waals surface area contributed by atoms with E-state index < -0.39 is 0 Å². The average Bonchev–Trinajstić information content (AvgIpc) is 3.00. The average molecular weight is 339 g/mol. The molecule has 0 atom stereocenters. The normalized spacial score (nSPS) is 11.1. The molecule has 0 aliphatic heterocycles. The summed E-state index contributed by atoms with van der Waals surface area (Å²) in [5, 5.41) is 11.0. The van der Waals surface area contributed by atoms with Crippen molar-refractivity contribution < 1.29 is 4.79 Å². The Kier molecular flexibility index (Phi) is 4.26. The number of aromatic nitrogens is 4. The number of aryl methyl sites for hydroxylation is 1. The summed E-state index contributed by atoms with van der Waals surface area (Å²) in [6.07, 6.45) is 1.72. The van der Waals surface area contributed by atoms with Crippen LogP contribution in [-0.4, -0.2) is 32.7 Å². The fraction of sp³-hybridized carbons (Fsp3) is 0.294. The van der Waals surface area contributed by atoms with E-state index in [2.05, 4.69) is 25.7 Å². The molecule has 2 heterocycles. The molecule has 25 heavy (non-hydrogen) atoms. The zero-order valence-corrected chi connectivity index (χ0v) is 14.7. The third-order valence-corrected chi connectivity index (χ3v) is 3.94. The topological polar surface area (TPSA) is 111 Å². The Balaban J connectivity index is 2.08. The quantitative estimate of drug-likeness (QED) is 0.673. The van der Waals surface area contributed by atoms with E-state index in [9.17, 15) is 4.79 Å². The van der Waals surface area contributed by atoms with Crippen molar-refractivity contribution in [3.05, 3.63) is 35.5 Å². The van der Waals surface area contributed by atoms with E-state index in [0.717, 1.165) is 16.6 Å². The van der Waals surface area contributed by atoms with Crippen LogP contribution in [-0.2, 0) is 0 Å². The maximum absolute atomic E-state index is 11.9. The van der Waals surface area contributed by atoms with Crippen LogP contribution in [0, 0.1) is 6.92 Å².